The highest BCUT2D eigenvalue weighted by atomic mass is 19.4. The van der Waals surface area contributed by atoms with Gasteiger partial charge in [0.25, 0.3) is 5.91 Å². The van der Waals surface area contributed by atoms with E-state index in [-0.39, 0.29) is 35.9 Å². The van der Waals surface area contributed by atoms with Gasteiger partial charge in [0.2, 0.25) is 5.88 Å². The van der Waals surface area contributed by atoms with E-state index in [2.05, 4.69) is 15.2 Å². The summed E-state index contributed by atoms with van der Waals surface area (Å²) in [4.78, 5) is 20.8. The van der Waals surface area contributed by atoms with Gasteiger partial charge in [0.05, 0.1) is 47.9 Å². The number of hydrogen-bond acceptors (Lipinski definition) is 6. The van der Waals surface area contributed by atoms with E-state index in [1.54, 1.807) is 36.3 Å². The van der Waals surface area contributed by atoms with Crippen molar-refractivity contribution in [1.82, 2.24) is 24.9 Å². The number of alkyl halides is 3. The quantitative estimate of drug-likeness (QED) is 0.546. The van der Waals surface area contributed by atoms with Gasteiger partial charge in [-0.05, 0) is 37.0 Å². The van der Waals surface area contributed by atoms with E-state index < -0.39 is 11.7 Å². The molecule has 4 atom stereocenters. The van der Waals surface area contributed by atoms with Gasteiger partial charge in [-0.2, -0.15) is 28.2 Å². The lowest BCUT2D eigenvalue weighted by molar-refractivity contribution is -0.137. The number of benzene rings is 1. The number of likely N-dealkylation sites (tertiary alicyclic amines) is 1. The second-order valence-electron chi connectivity index (χ2n) is 8.41. The van der Waals surface area contributed by atoms with Crippen molar-refractivity contribution in [3.05, 3.63) is 66.1 Å². The Bertz CT molecular complexity index is 1150. The standard InChI is InChI=1S/C23H22F3N5O3/c1-33-13-19-14-10-18(20(11-14)34-21-7-6-15(12-27-21)23(24,25)26)30(19)22(32)16-4-2-3-5-17(16)31-28-8-9-29-31/h2-9,12,14,18-20H,10-11,13H2,1H3/t14?,18?,19?,20-/m0/s1. The van der Waals surface area contributed by atoms with E-state index >= 15 is 0 Å². The van der Waals surface area contributed by atoms with Crippen molar-refractivity contribution in [2.24, 2.45) is 5.92 Å². The first-order valence-electron chi connectivity index (χ1n) is 10.8. The molecule has 3 heterocycles. The third-order valence-electron chi connectivity index (χ3n) is 6.44. The minimum absolute atomic E-state index is 0.0994. The number of piperidine rings is 1. The first-order chi connectivity index (χ1) is 16.4. The highest BCUT2D eigenvalue weighted by molar-refractivity contribution is 5.98. The number of halogens is 3. The number of ether oxygens (including phenoxy) is 2. The second kappa shape index (κ2) is 8.71. The third-order valence-corrected chi connectivity index (χ3v) is 6.44. The van der Waals surface area contributed by atoms with Gasteiger partial charge in [0.15, 0.2) is 0 Å². The zero-order valence-electron chi connectivity index (χ0n) is 18.2. The summed E-state index contributed by atoms with van der Waals surface area (Å²) in [5.74, 6) is 0.0434. The molecule has 1 saturated carbocycles. The summed E-state index contributed by atoms with van der Waals surface area (Å²) in [6, 6.07) is 8.84. The minimum atomic E-state index is -4.47. The van der Waals surface area contributed by atoms with Crippen LogP contribution in [0.4, 0.5) is 13.2 Å². The van der Waals surface area contributed by atoms with Crippen LogP contribution in [0.5, 0.6) is 5.88 Å². The Hall–Kier alpha value is -3.47. The SMILES string of the molecule is COCC1C2CC([C@@H](Oc3ccc(C(F)(F)F)cn3)C2)N1C(=O)c1ccccc1-n1nccn1. The van der Waals surface area contributed by atoms with Crippen LogP contribution in [-0.4, -0.2) is 62.7 Å². The molecule has 2 aromatic heterocycles. The average molecular weight is 473 g/mol. The molecule has 11 heteroatoms. The number of pyridine rings is 1. The van der Waals surface area contributed by atoms with Gasteiger partial charge in [-0.1, -0.05) is 12.1 Å². The lowest BCUT2D eigenvalue weighted by Gasteiger charge is -2.39. The Labute approximate surface area is 193 Å². The summed E-state index contributed by atoms with van der Waals surface area (Å²) < 4.78 is 49.9. The molecule has 0 radical (unpaired) electrons. The maximum absolute atomic E-state index is 13.8. The molecule has 1 saturated heterocycles. The number of fused-ring (bicyclic) bond motifs is 2. The Morgan fingerprint density at radius 3 is 2.56 bits per heavy atom. The van der Waals surface area contributed by atoms with Crippen LogP contribution in [0.25, 0.3) is 5.69 Å². The maximum atomic E-state index is 13.8. The minimum Gasteiger partial charge on any atom is -0.472 e. The number of carbonyl (C=O) groups excluding carboxylic acids is 1. The molecule has 3 unspecified atom stereocenters. The third kappa shape index (κ3) is 4.00. The van der Waals surface area contributed by atoms with E-state index in [1.807, 2.05) is 0 Å². The fourth-order valence-electron chi connectivity index (χ4n) is 4.99. The maximum Gasteiger partial charge on any atom is 0.417 e. The van der Waals surface area contributed by atoms with Gasteiger partial charge < -0.3 is 14.4 Å². The summed E-state index contributed by atoms with van der Waals surface area (Å²) in [6.07, 6.45) is 0.349. The number of carbonyl (C=O) groups is 1. The first kappa shape index (κ1) is 22.3. The zero-order chi connectivity index (χ0) is 23.9. The smallest absolute Gasteiger partial charge is 0.417 e. The predicted octanol–water partition coefficient (Wildman–Crippen LogP) is 3.38. The molecular weight excluding hydrogens is 451 g/mol. The summed E-state index contributed by atoms with van der Waals surface area (Å²) in [5, 5.41) is 8.30. The lowest BCUT2D eigenvalue weighted by Crippen LogP contribution is -2.53. The molecule has 2 fully saturated rings. The van der Waals surface area contributed by atoms with E-state index in [9.17, 15) is 18.0 Å². The summed E-state index contributed by atoms with van der Waals surface area (Å²) in [5.41, 5.74) is 0.158. The molecule has 2 aliphatic rings. The van der Waals surface area contributed by atoms with Crippen LogP contribution in [0.1, 0.15) is 28.8 Å². The topological polar surface area (TPSA) is 82.4 Å². The van der Waals surface area contributed by atoms with Crippen LogP contribution in [0.3, 0.4) is 0 Å². The van der Waals surface area contributed by atoms with Gasteiger partial charge >= 0.3 is 6.18 Å². The van der Waals surface area contributed by atoms with Gasteiger partial charge in [0, 0.05) is 19.4 Å². The normalized spacial score (nSPS) is 23.9. The van der Waals surface area contributed by atoms with Crippen molar-refractivity contribution in [3.8, 4) is 11.6 Å². The van der Waals surface area contributed by atoms with Crippen molar-refractivity contribution in [3.63, 3.8) is 0 Å². The molecule has 1 amide bonds. The fourth-order valence-corrected chi connectivity index (χ4v) is 4.99. The molecule has 0 spiro atoms. The number of methoxy groups -OCH3 is 1. The van der Waals surface area contributed by atoms with Crippen molar-refractivity contribution >= 4 is 5.91 Å². The second-order valence-corrected chi connectivity index (χ2v) is 8.41. The number of amides is 1. The van der Waals surface area contributed by atoms with Crippen molar-refractivity contribution in [2.75, 3.05) is 13.7 Å². The Morgan fingerprint density at radius 1 is 1.12 bits per heavy atom. The van der Waals surface area contributed by atoms with Gasteiger partial charge in [-0.15, -0.1) is 0 Å². The molecule has 1 aliphatic carbocycles. The predicted molar refractivity (Wildman–Crippen MR) is 113 cm³/mol. The van der Waals surface area contributed by atoms with Crippen molar-refractivity contribution in [2.45, 2.75) is 37.2 Å². The van der Waals surface area contributed by atoms with E-state index in [4.69, 9.17) is 9.47 Å². The Morgan fingerprint density at radius 2 is 1.88 bits per heavy atom. The number of nitrogens with zero attached hydrogens (tertiary/aromatic N) is 5. The van der Waals surface area contributed by atoms with Crippen LogP contribution < -0.4 is 4.74 Å². The highest BCUT2D eigenvalue weighted by Gasteiger charge is 2.54. The average Bonchev–Trinajstić information content (AvgIpc) is 3.56. The molecule has 5 rings (SSSR count). The number of rotatable bonds is 6. The number of aromatic nitrogens is 4. The number of hydrogen-bond donors (Lipinski definition) is 0. The lowest BCUT2D eigenvalue weighted by atomic mass is 9.97. The molecule has 34 heavy (non-hydrogen) atoms. The first-order valence-corrected chi connectivity index (χ1v) is 10.8. The molecule has 1 aliphatic heterocycles. The summed E-state index contributed by atoms with van der Waals surface area (Å²) >= 11 is 0. The molecule has 8 nitrogen and oxygen atoms in total. The highest BCUT2D eigenvalue weighted by Crippen LogP contribution is 2.45. The van der Waals surface area contributed by atoms with E-state index in [0.29, 0.717) is 30.7 Å². The van der Waals surface area contributed by atoms with E-state index in [1.165, 1.54) is 23.3 Å². The number of para-hydroxylation sites is 1. The Balaban J connectivity index is 1.41. The zero-order valence-corrected chi connectivity index (χ0v) is 18.2. The molecule has 3 aromatic rings. The largest absolute Gasteiger partial charge is 0.472 e. The van der Waals surface area contributed by atoms with E-state index in [0.717, 1.165) is 12.3 Å². The monoisotopic (exact) mass is 473 g/mol. The van der Waals surface area contributed by atoms with Crippen LogP contribution in [0.2, 0.25) is 0 Å². The van der Waals surface area contributed by atoms with Crippen LogP contribution in [0.15, 0.2) is 55.0 Å². The Kier molecular flexibility index (Phi) is 5.72. The van der Waals surface area contributed by atoms with Crippen LogP contribution in [-0.2, 0) is 10.9 Å². The van der Waals surface area contributed by atoms with Crippen LogP contribution >= 0.6 is 0 Å². The van der Waals surface area contributed by atoms with Crippen LogP contribution in [0, 0.1) is 5.92 Å². The molecular formula is C23H22F3N5O3. The fraction of sp³-hybridized carbons (Fsp3) is 0.391. The van der Waals surface area contributed by atoms with Gasteiger partial charge in [-0.3, -0.25) is 4.79 Å². The van der Waals surface area contributed by atoms with Crippen molar-refractivity contribution < 1.29 is 27.4 Å². The summed E-state index contributed by atoms with van der Waals surface area (Å²) in [7, 11) is 1.59. The summed E-state index contributed by atoms with van der Waals surface area (Å²) in [6.45, 7) is 0.375. The van der Waals surface area contributed by atoms with Crippen molar-refractivity contribution in [1.29, 1.82) is 0 Å². The molecule has 0 N–H and O–H groups in total. The van der Waals surface area contributed by atoms with Gasteiger partial charge in [-0.25, -0.2) is 4.98 Å². The molecule has 1 aromatic carbocycles. The molecule has 178 valence electrons. The molecule has 2 bridgehead atoms. The van der Waals surface area contributed by atoms with Gasteiger partial charge in [0.1, 0.15) is 6.10 Å².